The molecule has 2 heterocycles. The van der Waals surface area contributed by atoms with Gasteiger partial charge in [0.15, 0.2) is 0 Å². The van der Waals surface area contributed by atoms with Crippen molar-refractivity contribution in [1.29, 1.82) is 0 Å². The predicted octanol–water partition coefficient (Wildman–Crippen LogP) is 1.74. The van der Waals surface area contributed by atoms with Crippen molar-refractivity contribution in [2.45, 2.75) is 26.4 Å². The van der Waals surface area contributed by atoms with Gasteiger partial charge >= 0.3 is 0 Å². The Labute approximate surface area is 138 Å². The molecule has 0 aliphatic heterocycles. The quantitative estimate of drug-likeness (QED) is 0.713. The molecule has 0 bridgehead atoms. The number of carbonyl (C=O) groups excluding carboxylic acids is 1. The Balaban J connectivity index is 1.65. The van der Waals surface area contributed by atoms with E-state index in [0.717, 1.165) is 11.5 Å². The summed E-state index contributed by atoms with van der Waals surface area (Å²) in [5.74, 6) is 1.45. The first-order valence-corrected chi connectivity index (χ1v) is 7.66. The van der Waals surface area contributed by atoms with Gasteiger partial charge in [-0.15, -0.1) is 5.10 Å². The second kappa shape index (κ2) is 6.66. The van der Waals surface area contributed by atoms with Crippen molar-refractivity contribution in [3.63, 3.8) is 0 Å². The molecule has 3 aromatic rings. The largest absolute Gasteiger partial charge is 0.464 e. The van der Waals surface area contributed by atoms with Crippen LogP contribution in [0.15, 0.2) is 45.6 Å². The second-order valence-electron chi connectivity index (χ2n) is 5.65. The van der Waals surface area contributed by atoms with Gasteiger partial charge in [0, 0.05) is 13.5 Å². The van der Waals surface area contributed by atoms with E-state index in [4.69, 9.17) is 4.42 Å². The number of carbonyl (C=O) groups is 1. The zero-order valence-corrected chi connectivity index (χ0v) is 13.6. The molecule has 1 amide bonds. The van der Waals surface area contributed by atoms with Gasteiger partial charge in [0.1, 0.15) is 17.0 Å². The van der Waals surface area contributed by atoms with Crippen LogP contribution in [0.2, 0.25) is 0 Å². The molecule has 7 nitrogen and oxygen atoms in total. The Hall–Kier alpha value is -2.96. The summed E-state index contributed by atoms with van der Waals surface area (Å²) in [5.41, 5.74) is 0.313. The predicted molar refractivity (Wildman–Crippen MR) is 88.3 cm³/mol. The summed E-state index contributed by atoms with van der Waals surface area (Å²) in [6.07, 6.45) is 0.170. The number of aromatic nitrogens is 3. The van der Waals surface area contributed by atoms with Gasteiger partial charge in [-0.25, -0.2) is 4.68 Å². The van der Waals surface area contributed by atoms with Crippen LogP contribution in [0.5, 0.6) is 0 Å². The SMILES string of the molecule is Cc1ccc(CN(C)C(=O)CCn2nnc3ccccc3c2=O)o1. The smallest absolute Gasteiger partial charge is 0.277 e. The molecule has 0 atom stereocenters. The number of fused-ring (bicyclic) bond motifs is 1. The minimum Gasteiger partial charge on any atom is -0.464 e. The number of hydrogen-bond acceptors (Lipinski definition) is 5. The zero-order chi connectivity index (χ0) is 17.1. The molecular formula is C17H18N4O3. The lowest BCUT2D eigenvalue weighted by Crippen LogP contribution is -2.30. The molecule has 3 rings (SSSR count). The van der Waals surface area contributed by atoms with Crippen molar-refractivity contribution in [1.82, 2.24) is 19.9 Å². The maximum Gasteiger partial charge on any atom is 0.277 e. The van der Waals surface area contributed by atoms with Crippen LogP contribution >= 0.6 is 0 Å². The molecule has 0 aliphatic carbocycles. The lowest BCUT2D eigenvalue weighted by molar-refractivity contribution is -0.130. The fraction of sp³-hybridized carbons (Fsp3) is 0.294. The van der Waals surface area contributed by atoms with E-state index in [1.165, 1.54) is 4.68 Å². The highest BCUT2D eigenvalue weighted by Gasteiger charge is 2.13. The lowest BCUT2D eigenvalue weighted by atomic mass is 10.2. The third kappa shape index (κ3) is 3.34. The van der Waals surface area contributed by atoms with E-state index in [-0.39, 0.29) is 24.4 Å². The molecular weight excluding hydrogens is 308 g/mol. The Bertz CT molecular complexity index is 929. The van der Waals surface area contributed by atoms with Gasteiger partial charge < -0.3 is 9.32 Å². The third-order valence-corrected chi connectivity index (χ3v) is 3.78. The Morgan fingerprint density at radius 1 is 1.25 bits per heavy atom. The first kappa shape index (κ1) is 15.9. The van der Waals surface area contributed by atoms with Crippen molar-refractivity contribution < 1.29 is 9.21 Å². The average Bonchev–Trinajstić information content (AvgIpc) is 2.99. The number of rotatable bonds is 5. The monoisotopic (exact) mass is 326 g/mol. The van der Waals surface area contributed by atoms with E-state index in [0.29, 0.717) is 17.4 Å². The number of benzene rings is 1. The standard InChI is InChI=1S/C17H18N4O3/c1-12-7-8-13(24-12)11-20(2)16(22)9-10-21-17(23)14-5-3-4-6-15(14)18-19-21/h3-8H,9-11H2,1-2H3. The van der Waals surface area contributed by atoms with Crippen molar-refractivity contribution in [3.05, 3.63) is 58.3 Å². The lowest BCUT2D eigenvalue weighted by Gasteiger charge is -2.15. The maximum absolute atomic E-state index is 12.3. The minimum atomic E-state index is -0.238. The summed E-state index contributed by atoms with van der Waals surface area (Å²) in [6.45, 7) is 2.44. The number of furan rings is 1. The highest BCUT2D eigenvalue weighted by Crippen LogP contribution is 2.09. The highest BCUT2D eigenvalue weighted by molar-refractivity contribution is 5.77. The first-order chi connectivity index (χ1) is 11.5. The van der Waals surface area contributed by atoms with Gasteiger partial charge in [-0.05, 0) is 31.2 Å². The second-order valence-corrected chi connectivity index (χ2v) is 5.65. The van der Waals surface area contributed by atoms with Gasteiger partial charge in [0.25, 0.3) is 5.56 Å². The summed E-state index contributed by atoms with van der Waals surface area (Å²) in [5, 5.41) is 8.40. The van der Waals surface area contributed by atoms with Crippen LogP contribution in [0.1, 0.15) is 17.9 Å². The van der Waals surface area contributed by atoms with Crippen molar-refractivity contribution in [3.8, 4) is 0 Å². The van der Waals surface area contributed by atoms with Crippen molar-refractivity contribution in [2.24, 2.45) is 0 Å². The minimum absolute atomic E-state index is 0.0917. The molecule has 24 heavy (non-hydrogen) atoms. The molecule has 124 valence electrons. The van der Waals surface area contributed by atoms with Crippen LogP contribution in [-0.4, -0.2) is 32.8 Å². The maximum atomic E-state index is 12.3. The summed E-state index contributed by atoms with van der Waals surface area (Å²) >= 11 is 0. The van der Waals surface area contributed by atoms with E-state index in [1.54, 1.807) is 36.2 Å². The molecule has 2 aromatic heterocycles. The van der Waals surface area contributed by atoms with E-state index >= 15 is 0 Å². The van der Waals surface area contributed by atoms with Gasteiger partial charge in [0.2, 0.25) is 5.91 Å². The highest BCUT2D eigenvalue weighted by atomic mass is 16.3. The van der Waals surface area contributed by atoms with Crippen LogP contribution in [-0.2, 0) is 17.9 Å². The molecule has 0 fully saturated rings. The van der Waals surface area contributed by atoms with Crippen LogP contribution < -0.4 is 5.56 Å². The Kier molecular flexibility index (Phi) is 4.41. The van der Waals surface area contributed by atoms with E-state index in [1.807, 2.05) is 19.1 Å². The fourth-order valence-corrected chi connectivity index (χ4v) is 2.45. The number of amides is 1. The average molecular weight is 326 g/mol. The summed E-state index contributed by atoms with van der Waals surface area (Å²) in [6, 6.07) is 10.7. The molecule has 0 aliphatic rings. The Morgan fingerprint density at radius 3 is 2.79 bits per heavy atom. The fourth-order valence-electron chi connectivity index (χ4n) is 2.45. The normalized spacial score (nSPS) is 10.9. The van der Waals surface area contributed by atoms with Crippen molar-refractivity contribution >= 4 is 16.8 Å². The van der Waals surface area contributed by atoms with Crippen LogP contribution in [0.25, 0.3) is 10.9 Å². The van der Waals surface area contributed by atoms with Crippen LogP contribution in [0.4, 0.5) is 0 Å². The summed E-state index contributed by atoms with van der Waals surface area (Å²) in [7, 11) is 1.70. The van der Waals surface area contributed by atoms with Gasteiger partial charge in [-0.2, -0.15) is 0 Å². The molecule has 1 aromatic carbocycles. The molecule has 0 spiro atoms. The molecule has 7 heteroatoms. The zero-order valence-electron chi connectivity index (χ0n) is 13.6. The topological polar surface area (TPSA) is 81.2 Å². The van der Waals surface area contributed by atoms with Crippen LogP contribution in [0.3, 0.4) is 0 Å². The van der Waals surface area contributed by atoms with E-state index < -0.39 is 0 Å². The number of hydrogen-bond donors (Lipinski definition) is 0. The molecule has 0 saturated heterocycles. The van der Waals surface area contributed by atoms with Crippen LogP contribution in [0, 0.1) is 6.92 Å². The molecule has 0 saturated carbocycles. The summed E-state index contributed by atoms with van der Waals surface area (Å²) in [4.78, 5) is 26.1. The Morgan fingerprint density at radius 2 is 2.04 bits per heavy atom. The molecule has 0 radical (unpaired) electrons. The van der Waals surface area contributed by atoms with E-state index in [9.17, 15) is 9.59 Å². The molecule has 0 unspecified atom stereocenters. The first-order valence-electron chi connectivity index (χ1n) is 7.66. The third-order valence-electron chi connectivity index (χ3n) is 3.78. The van der Waals surface area contributed by atoms with E-state index in [2.05, 4.69) is 10.3 Å². The van der Waals surface area contributed by atoms with Crippen molar-refractivity contribution in [2.75, 3.05) is 7.05 Å². The summed E-state index contributed by atoms with van der Waals surface area (Å²) < 4.78 is 6.69. The number of aryl methyl sites for hydroxylation is 2. The number of nitrogens with zero attached hydrogens (tertiary/aromatic N) is 4. The van der Waals surface area contributed by atoms with Gasteiger partial charge in [0.05, 0.1) is 18.5 Å². The molecule has 0 N–H and O–H groups in total. The van der Waals surface area contributed by atoms with Gasteiger partial charge in [-0.1, -0.05) is 17.3 Å². The van der Waals surface area contributed by atoms with Gasteiger partial charge in [-0.3, -0.25) is 9.59 Å².